The fraction of sp³-hybridized carbons (Fsp3) is 0.550. The quantitative estimate of drug-likeness (QED) is 0.723. The van der Waals surface area contributed by atoms with Gasteiger partial charge in [-0.25, -0.2) is 0 Å². The third kappa shape index (κ3) is 6.27. The van der Waals surface area contributed by atoms with Gasteiger partial charge in [-0.15, -0.1) is 0 Å². The first-order valence-electron chi connectivity index (χ1n) is 9.26. The molecule has 1 aromatic rings. The number of carbonyl (C=O) groups excluding carboxylic acids is 2. The summed E-state index contributed by atoms with van der Waals surface area (Å²) < 4.78 is 5.55. The molecule has 1 fully saturated rings. The van der Waals surface area contributed by atoms with Crippen LogP contribution in [-0.4, -0.2) is 54.0 Å². The summed E-state index contributed by atoms with van der Waals surface area (Å²) in [6.45, 7) is 4.64. The molecule has 0 radical (unpaired) electrons. The molecular weight excluding hydrogens is 348 g/mol. The molecule has 2 N–H and O–H groups in total. The smallest absolute Gasteiger partial charge is 0.310 e. The number of ether oxygens (including phenoxy) is 1. The summed E-state index contributed by atoms with van der Waals surface area (Å²) >= 11 is 0. The molecule has 2 amide bonds. The fourth-order valence-electron chi connectivity index (χ4n) is 2.85. The first kappa shape index (κ1) is 20.7. The Labute approximate surface area is 159 Å². The standard InChI is InChI=1S/C20H28N2O5/c1-20(2,19(25)26)14-21-18(24)15-8-11-22(12-9-15)17(23)10-13-27-16-6-4-3-5-7-16/h3-7,15H,8-14H2,1-2H3,(H,21,24)(H,25,26). The van der Waals surface area contributed by atoms with Crippen LogP contribution in [0.3, 0.4) is 0 Å². The van der Waals surface area contributed by atoms with Gasteiger partial charge in [-0.05, 0) is 38.8 Å². The molecule has 0 saturated carbocycles. The third-order valence-corrected chi connectivity index (χ3v) is 4.83. The maximum Gasteiger partial charge on any atom is 0.310 e. The molecule has 0 aromatic heterocycles. The molecule has 0 spiro atoms. The van der Waals surface area contributed by atoms with E-state index in [4.69, 9.17) is 9.84 Å². The number of aliphatic carboxylic acids is 1. The molecule has 2 rings (SSSR count). The van der Waals surface area contributed by atoms with E-state index < -0.39 is 11.4 Å². The van der Waals surface area contributed by atoms with Crippen LogP contribution in [0.15, 0.2) is 30.3 Å². The lowest BCUT2D eigenvalue weighted by molar-refractivity contribution is -0.147. The maximum absolute atomic E-state index is 12.3. The van der Waals surface area contributed by atoms with Crippen LogP contribution in [0.2, 0.25) is 0 Å². The van der Waals surface area contributed by atoms with Crippen molar-refractivity contribution < 1.29 is 24.2 Å². The first-order valence-corrected chi connectivity index (χ1v) is 9.26. The van der Waals surface area contributed by atoms with E-state index >= 15 is 0 Å². The van der Waals surface area contributed by atoms with E-state index in [-0.39, 0.29) is 24.3 Å². The Hall–Kier alpha value is -2.57. The van der Waals surface area contributed by atoms with E-state index in [1.165, 1.54) is 0 Å². The highest BCUT2D eigenvalue weighted by Gasteiger charge is 2.31. The van der Waals surface area contributed by atoms with Crippen molar-refractivity contribution in [2.45, 2.75) is 33.1 Å². The molecule has 1 aromatic carbocycles. The molecule has 1 heterocycles. The lowest BCUT2D eigenvalue weighted by Gasteiger charge is -2.32. The Morgan fingerprint density at radius 1 is 1.19 bits per heavy atom. The highest BCUT2D eigenvalue weighted by atomic mass is 16.5. The van der Waals surface area contributed by atoms with Crippen LogP contribution >= 0.6 is 0 Å². The fourth-order valence-corrected chi connectivity index (χ4v) is 2.85. The van der Waals surface area contributed by atoms with Crippen molar-refractivity contribution in [3.8, 4) is 5.75 Å². The van der Waals surface area contributed by atoms with Crippen molar-refractivity contribution in [1.29, 1.82) is 0 Å². The molecule has 0 atom stereocenters. The predicted octanol–water partition coefficient (Wildman–Crippen LogP) is 1.92. The van der Waals surface area contributed by atoms with E-state index in [0.717, 1.165) is 5.75 Å². The van der Waals surface area contributed by atoms with E-state index in [1.807, 2.05) is 30.3 Å². The minimum Gasteiger partial charge on any atom is -0.493 e. The van der Waals surface area contributed by atoms with Gasteiger partial charge >= 0.3 is 5.97 Å². The molecule has 1 aliphatic heterocycles. The average Bonchev–Trinajstić information content (AvgIpc) is 2.67. The molecule has 0 aliphatic carbocycles. The number of amides is 2. The zero-order valence-electron chi connectivity index (χ0n) is 15.9. The van der Waals surface area contributed by atoms with Crippen LogP contribution in [0.25, 0.3) is 0 Å². The zero-order valence-corrected chi connectivity index (χ0v) is 15.9. The number of carboxylic acid groups (broad SMARTS) is 1. The largest absolute Gasteiger partial charge is 0.493 e. The van der Waals surface area contributed by atoms with Crippen LogP contribution in [-0.2, 0) is 14.4 Å². The number of benzene rings is 1. The molecule has 27 heavy (non-hydrogen) atoms. The van der Waals surface area contributed by atoms with E-state index in [0.29, 0.717) is 39.0 Å². The lowest BCUT2D eigenvalue weighted by atomic mass is 9.92. The number of nitrogens with zero attached hydrogens (tertiary/aromatic N) is 1. The van der Waals surface area contributed by atoms with Gasteiger partial charge in [0.1, 0.15) is 5.75 Å². The number of piperidine rings is 1. The van der Waals surface area contributed by atoms with Crippen LogP contribution in [0.1, 0.15) is 33.1 Å². The monoisotopic (exact) mass is 376 g/mol. The number of hydrogen-bond donors (Lipinski definition) is 2. The summed E-state index contributed by atoms with van der Waals surface area (Å²) in [5.41, 5.74) is -0.995. The maximum atomic E-state index is 12.3. The molecular formula is C20H28N2O5. The van der Waals surface area contributed by atoms with Crippen LogP contribution in [0, 0.1) is 11.3 Å². The number of likely N-dealkylation sites (tertiary alicyclic amines) is 1. The summed E-state index contributed by atoms with van der Waals surface area (Å²) in [7, 11) is 0. The summed E-state index contributed by atoms with van der Waals surface area (Å²) in [6.07, 6.45) is 1.48. The SMILES string of the molecule is CC(C)(CNC(=O)C1CCN(C(=O)CCOc2ccccc2)CC1)C(=O)O. The van der Waals surface area contributed by atoms with Crippen LogP contribution < -0.4 is 10.1 Å². The van der Waals surface area contributed by atoms with Gasteiger partial charge in [-0.2, -0.15) is 0 Å². The third-order valence-electron chi connectivity index (χ3n) is 4.83. The predicted molar refractivity (Wildman–Crippen MR) is 100 cm³/mol. The number of carbonyl (C=O) groups is 3. The number of nitrogens with one attached hydrogen (secondary N) is 1. The van der Waals surface area contributed by atoms with Gasteiger partial charge in [0.15, 0.2) is 0 Å². The van der Waals surface area contributed by atoms with E-state index in [1.54, 1.807) is 18.7 Å². The van der Waals surface area contributed by atoms with Crippen molar-refractivity contribution in [2.75, 3.05) is 26.2 Å². The molecule has 148 valence electrons. The molecule has 7 heteroatoms. The van der Waals surface area contributed by atoms with E-state index in [2.05, 4.69) is 5.32 Å². The number of carboxylic acids is 1. The average molecular weight is 376 g/mol. The second-order valence-corrected chi connectivity index (χ2v) is 7.47. The second kappa shape index (κ2) is 9.39. The summed E-state index contributed by atoms with van der Waals surface area (Å²) in [5, 5.41) is 11.8. The normalized spacial score (nSPS) is 15.3. The Balaban J connectivity index is 1.68. The van der Waals surface area contributed by atoms with Crippen LogP contribution in [0.5, 0.6) is 5.75 Å². The lowest BCUT2D eigenvalue weighted by Crippen LogP contribution is -2.46. The van der Waals surface area contributed by atoms with Crippen molar-refractivity contribution in [3.05, 3.63) is 30.3 Å². The Morgan fingerprint density at radius 3 is 2.41 bits per heavy atom. The minimum atomic E-state index is -0.995. The van der Waals surface area contributed by atoms with Gasteiger partial charge in [0, 0.05) is 25.6 Å². The highest BCUT2D eigenvalue weighted by molar-refractivity contribution is 5.81. The van der Waals surface area contributed by atoms with E-state index in [9.17, 15) is 14.4 Å². The molecule has 7 nitrogen and oxygen atoms in total. The van der Waals surface area contributed by atoms with Gasteiger partial charge in [-0.1, -0.05) is 18.2 Å². The second-order valence-electron chi connectivity index (χ2n) is 7.47. The first-order chi connectivity index (χ1) is 12.8. The molecule has 0 bridgehead atoms. The molecule has 1 aliphatic rings. The van der Waals surface area contributed by atoms with Crippen molar-refractivity contribution in [1.82, 2.24) is 10.2 Å². The Morgan fingerprint density at radius 2 is 1.81 bits per heavy atom. The summed E-state index contributed by atoms with van der Waals surface area (Å²) in [6, 6.07) is 9.36. The topological polar surface area (TPSA) is 95.9 Å². The van der Waals surface area contributed by atoms with Gasteiger partial charge < -0.3 is 20.1 Å². The Bertz CT molecular complexity index is 652. The van der Waals surface area contributed by atoms with Crippen LogP contribution in [0.4, 0.5) is 0 Å². The number of rotatable bonds is 8. The molecule has 1 saturated heterocycles. The highest BCUT2D eigenvalue weighted by Crippen LogP contribution is 2.19. The Kier molecular flexibility index (Phi) is 7.21. The number of hydrogen-bond acceptors (Lipinski definition) is 4. The summed E-state index contributed by atoms with van der Waals surface area (Å²) in [4.78, 5) is 37.4. The zero-order chi connectivity index (χ0) is 19.9. The van der Waals surface area contributed by atoms with Crippen molar-refractivity contribution in [2.24, 2.45) is 11.3 Å². The van der Waals surface area contributed by atoms with Crippen molar-refractivity contribution in [3.63, 3.8) is 0 Å². The van der Waals surface area contributed by atoms with Gasteiger partial charge in [0.25, 0.3) is 0 Å². The summed E-state index contributed by atoms with van der Waals surface area (Å²) in [5.74, 6) is -0.495. The number of para-hydroxylation sites is 1. The molecule has 0 unspecified atom stereocenters. The van der Waals surface area contributed by atoms with Gasteiger partial charge in [-0.3, -0.25) is 14.4 Å². The van der Waals surface area contributed by atoms with Crippen molar-refractivity contribution >= 4 is 17.8 Å². The van der Waals surface area contributed by atoms with Gasteiger partial charge in [0.2, 0.25) is 11.8 Å². The minimum absolute atomic E-state index is 0.0248. The van der Waals surface area contributed by atoms with Gasteiger partial charge in [0.05, 0.1) is 18.4 Å².